The van der Waals surface area contributed by atoms with Crippen LogP contribution in [0, 0.1) is 0 Å². The van der Waals surface area contributed by atoms with Crippen LogP contribution in [0.5, 0.6) is 0 Å². The molecule has 0 unspecified atom stereocenters. The number of fused-ring (bicyclic) bond motifs is 1. The zero-order valence-electron chi connectivity index (χ0n) is 13.2. The number of benzene rings is 1. The molecule has 3 rings (SSSR count). The number of hydrogen-bond donors (Lipinski definition) is 2. The van der Waals surface area contributed by atoms with Gasteiger partial charge in [0.15, 0.2) is 5.16 Å². The molecule has 1 aliphatic carbocycles. The molecule has 2 atom stereocenters. The van der Waals surface area contributed by atoms with Crippen molar-refractivity contribution in [3.05, 3.63) is 45.9 Å². The van der Waals surface area contributed by atoms with Crippen LogP contribution in [0.3, 0.4) is 0 Å². The molecule has 0 aliphatic heterocycles. The summed E-state index contributed by atoms with van der Waals surface area (Å²) >= 11 is 1.28. The number of thioether (sulfide) groups is 1. The molecule has 1 aromatic carbocycles. The van der Waals surface area contributed by atoms with Gasteiger partial charge in [-0.25, -0.2) is 9.89 Å². The summed E-state index contributed by atoms with van der Waals surface area (Å²) in [5.74, 6) is -0.0350. The molecule has 1 aromatic heterocycles. The topological polar surface area (TPSA) is 79.8 Å². The van der Waals surface area contributed by atoms with Gasteiger partial charge in [-0.15, -0.1) is 5.10 Å². The van der Waals surface area contributed by atoms with E-state index in [4.69, 9.17) is 0 Å². The highest BCUT2D eigenvalue weighted by molar-refractivity contribution is 8.00. The molecule has 0 fully saturated rings. The minimum absolute atomic E-state index is 0.0350. The van der Waals surface area contributed by atoms with E-state index in [2.05, 4.69) is 27.6 Å². The zero-order valence-corrected chi connectivity index (χ0v) is 14.0. The number of nitrogens with zero attached hydrogens (tertiary/aromatic N) is 2. The highest BCUT2D eigenvalue weighted by atomic mass is 32.2. The second kappa shape index (κ2) is 6.62. The Morgan fingerprint density at radius 1 is 1.48 bits per heavy atom. The van der Waals surface area contributed by atoms with Gasteiger partial charge in [0.1, 0.15) is 0 Å². The third-order valence-corrected chi connectivity index (χ3v) is 5.32. The van der Waals surface area contributed by atoms with Gasteiger partial charge in [0.25, 0.3) is 0 Å². The lowest BCUT2D eigenvalue weighted by Gasteiger charge is -2.27. The number of nitrogens with one attached hydrogen (secondary N) is 2. The molecule has 0 bridgehead atoms. The van der Waals surface area contributed by atoms with Gasteiger partial charge in [0.2, 0.25) is 5.91 Å². The molecule has 0 saturated carbocycles. The molecule has 23 heavy (non-hydrogen) atoms. The first-order valence-corrected chi connectivity index (χ1v) is 8.60. The molecule has 1 aliphatic rings. The number of amides is 1. The number of H-pyrrole nitrogens is 1. The largest absolute Gasteiger partial charge is 0.348 e. The Morgan fingerprint density at radius 2 is 2.26 bits per heavy atom. The van der Waals surface area contributed by atoms with Crippen LogP contribution >= 0.6 is 11.8 Å². The lowest BCUT2D eigenvalue weighted by atomic mass is 9.88. The fourth-order valence-corrected chi connectivity index (χ4v) is 3.67. The summed E-state index contributed by atoms with van der Waals surface area (Å²) < 4.78 is 1.41. The lowest BCUT2D eigenvalue weighted by Crippen LogP contribution is -2.36. The van der Waals surface area contributed by atoms with Crippen LogP contribution in [0.25, 0.3) is 0 Å². The fourth-order valence-electron chi connectivity index (χ4n) is 2.84. The Morgan fingerprint density at radius 3 is 3.00 bits per heavy atom. The predicted molar refractivity (Wildman–Crippen MR) is 89.4 cm³/mol. The van der Waals surface area contributed by atoms with Gasteiger partial charge >= 0.3 is 5.69 Å². The van der Waals surface area contributed by atoms with Gasteiger partial charge in [-0.3, -0.25) is 9.36 Å². The quantitative estimate of drug-likeness (QED) is 0.837. The van der Waals surface area contributed by atoms with Gasteiger partial charge in [-0.2, -0.15) is 0 Å². The lowest BCUT2D eigenvalue weighted by molar-refractivity contribution is -0.121. The maximum absolute atomic E-state index is 12.5. The molecule has 6 nitrogen and oxygen atoms in total. The molecule has 7 heteroatoms. The Hall–Kier alpha value is -2.02. The highest BCUT2D eigenvalue weighted by Gasteiger charge is 2.24. The highest BCUT2D eigenvalue weighted by Crippen LogP contribution is 2.30. The van der Waals surface area contributed by atoms with Crippen LogP contribution in [0.2, 0.25) is 0 Å². The van der Waals surface area contributed by atoms with E-state index >= 15 is 0 Å². The molecule has 0 radical (unpaired) electrons. The maximum Gasteiger partial charge on any atom is 0.343 e. The minimum atomic E-state index is -0.321. The summed E-state index contributed by atoms with van der Waals surface area (Å²) in [5.41, 5.74) is 2.26. The van der Waals surface area contributed by atoms with Gasteiger partial charge in [0, 0.05) is 7.05 Å². The number of hydrogen-bond acceptors (Lipinski definition) is 4. The van der Waals surface area contributed by atoms with Crippen molar-refractivity contribution in [1.29, 1.82) is 0 Å². The molecular weight excluding hydrogens is 312 g/mol. The van der Waals surface area contributed by atoms with Gasteiger partial charge in [0.05, 0.1) is 11.3 Å². The Balaban J connectivity index is 1.67. The molecule has 2 N–H and O–H groups in total. The number of aryl methyl sites for hydroxylation is 1. The van der Waals surface area contributed by atoms with Gasteiger partial charge < -0.3 is 5.32 Å². The average molecular weight is 332 g/mol. The van der Waals surface area contributed by atoms with Gasteiger partial charge in [-0.05, 0) is 37.3 Å². The second-order valence-electron chi connectivity index (χ2n) is 5.78. The van der Waals surface area contributed by atoms with Gasteiger partial charge in [-0.1, -0.05) is 36.0 Å². The normalized spacial score (nSPS) is 18.3. The standard InChI is InChI=1S/C16H20N4O2S/c1-10(23-16-19-18-15(22)20(16)2)14(21)17-13-9-5-7-11-6-3-4-8-12(11)13/h3-4,6,8,10,13H,5,7,9H2,1-2H3,(H,17,21)(H,18,22)/t10-,13+/m0/s1. The molecule has 2 aromatic rings. The van der Waals surface area contributed by atoms with Crippen LogP contribution in [0.1, 0.15) is 36.9 Å². The van der Waals surface area contributed by atoms with E-state index in [-0.39, 0.29) is 22.9 Å². The number of carbonyl (C=O) groups excluding carboxylic acids is 1. The number of aromatic amines is 1. The van der Waals surface area contributed by atoms with Crippen LogP contribution in [0.4, 0.5) is 0 Å². The molecular formula is C16H20N4O2S. The SMILES string of the molecule is C[C@H](Sc1n[nH]c(=O)n1C)C(=O)N[C@@H]1CCCc2ccccc21. The monoisotopic (exact) mass is 332 g/mol. The maximum atomic E-state index is 12.5. The fraction of sp³-hybridized carbons (Fsp3) is 0.438. The number of rotatable bonds is 4. The van der Waals surface area contributed by atoms with Crippen LogP contribution in [-0.4, -0.2) is 25.9 Å². The Kier molecular flexibility index (Phi) is 4.56. The van der Waals surface area contributed by atoms with Crippen molar-refractivity contribution in [1.82, 2.24) is 20.1 Å². The van der Waals surface area contributed by atoms with E-state index in [0.29, 0.717) is 5.16 Å². The third kappa shape index (κ3) is 3.34. The van der Waals surface area contributed by atoms with Crippen molar-refractivity contribution in [3.63, 3.8) is 0 Å². The zero-order chi connectivity index (χ0) is 16.4. The molecule has 1 amide bonds. The summed E-state index contributed by atoms with van der Waals surface area (Å²) in [5, 5.41) is 9.64. The molecule has 122 valence electrons. The molecule has 0 saturated heterocycles. The first-order chi connectivity index (χ1) is 11.1. The van der Waals surface area contributed by atoms with Crippen molar-refractivity contribution >= 4 is 17.7 Å². The van der Waals surface area contributed by atoms with Crippen LogP contribution < -0.4 is 11.0 Å². The van der Waals surface area contributed by atoms with E-state index in [9.17, 15) is 9.59 Å². The summed E-state index contributed by atoms with van der Waals surface area (Å²) in [6, 6.07) is 8.35. The number of carbonyl (C=O) groups is 1. The van der Waals surface area contributed by atoms with E-state index < -0.39 is 0 Å². The van der Waals surface area contributed by atoms with Crippen molar-refractivity contribution in [2.45, 2.75) is 42.6 Å². The summed E-state index contributed by atoms with van der Waals surface area (Å²) in [6.45, 7) is 1.83. The van der Waals surface area contributed by atoms with E-state index in [0.717, 1.165) is 19.3 Å². The van der Waals surface area contributed by atoms with E-state index in [1.54, 1.807) is 7.05 Å². The van der Waals surface area contributed by atoms with Crippen LogP contribution in [0.15, 0.2) is 34.2 Å². The van der Waals surface area contributed by atoms with Crippen LogP contribution in [-0.2, 0) is 18.3 Å². The summed E-state index contributed by atoms with van der Waals surface area (Å²) in [6.07, 6.45) is 3.11. The van der Waals surface area contributed by atoms with Crippen molar-refractivity contribution < 1.29 is 4.79 Å². The third-order valence-electron chi connectivity index (χ3n) is 4.18. The summed E-state index contributed by atoms with van der Waals surface area (Å²) in [7, 11) is 1.64. The molecule has 1 heterocycles. The first kappa shape index (κ1) is 15.9. The van der Waals surface area contributed by atoms with E-state index in [1.165, 1.54) is 27.5 Å². The minimum Gasteiger partial charge on any atom is -0.348 e. The predicted octanol–water partition coefficient (Wildman–Crippen LogP) is 1.78. The van der Waals surface area contributed by atoms with E-state index in [1.807, 2.05) is 19.1 Å². The van der Waals surface area contributed by atoms with Crippen molar-refractivity contribution in [2.24, 2.45) is 7.05 Å². The Labute approximate surface area is 138 Å². The van der Waals surface area contributed by atoms with Crippen molar-refractivity contribution in [3.8, 4) is 0 Å². The Bertz CT molecular complexity index is 767. The second-order valence-corrected chi connectivity index (χ2v) is 7.09. The molecule has 0 spiro atoms. The smallest absolute Gasteiger partial charge is 0.343 e. The number of aromatic nitrogens is 3. The van der Waals surface area contributed by atoms with Crippen molar-refractivity contribution in [2.75, 3.05) is 0 Å². The average Bonchev–Trinajstić information content (AvgIpc) is 2.87. The summed E-state index contributed by atoms with van der Waals surface area (Å²) in [4.78, 5) is 23.9. The first-order valence-electron chi connectivity index (χ1n) is 7.72.